The number of amides is 2. The number of carbonyl (C=O) groups excluding carboxylic acids is 2. The third-order valence-corrected chi connectivity index (χ3v) is 6.74. The molecule has 3 aromatic carbocycles. The van der Waals surface area contributed by atoms with Crippen LogP contribution < -0.4 is 21.1 Å². The van der Waals surface area contributed by atoms with E-state index in [1.165, 1.54) is 0 Å². The second-order valence-electron chi connectivity index (χ2n) is 9.34. The van der Waals surface area contributed by atoms with E-state index in [4.69, 9.17) is 15.9 Å². The maximum atomic E-state index is 14.7. The van der Waals surface area contributed by atoms with Crippen molar-refractivity contribution >= 4 is 17.8 Å². The Morgan fingerprint density at radius 1 is 0.897 bits per heavy atom. The monoisotopic (exact) mass is 529 g/mol. The van der Waals surface area contributed by atoms with Crippen molar-refractivity contribution < 1.29 is 14.3 Å². The zero-order valence-electron chi connectivity index (χ0n) is 22.9. The molecule has 0 aliphatic heterocycles. The van der Waals surface area contributed by atoms with Crippen molar-refractivity contribution in [3.63, 3.8) is 0 Å². The highest BCUT2D eigenvalue weighted by Gasteiger charge is 2.38. The van der Waals surface area contributed by atoms with E-state index >= 15 is 0 Å². The van der Waals surface area contributed by atoms with Gasteiger partial charge >= 0.3 is 0 Å². The van der Waals surface area contributed by atoms with Gasteiger partial charge in [0.15, 0.2) is 5.96 Å². The van der Waals surface area contributed by atoms with Gasteiger partial charge in [-0.1, -0.05) is 72.8 Å². The van der Waals surface area contributed by atoms with Gasteiger partial charge in [0, 0.05) is 13.1 Å². The first kappa shape index (κ1) is 29.2. The zero-order chi connectivity index (χ0) is 28.2. The summed E-state index contributed by atoms with van der Waals surface area (Å²) < 4.78 is 5.33. The number of nitrogens with one attached hydrogen (secondary N) is 3. The summed E-state index contributed by atoms with van der Waals surface area (Å²) >= 11 is 0. The molecule has 3 rings (SSSR count). The van der Waals surface area contributed by atoms with Crippen LogP contribution in [0.3, 0.4) is 0 Å². The molecule has 1 unspecified atom stereocenters. The molecule has 0 radical (unpaired) electrons. The maximum Gasteiger partial charge on any atom is 0.242 e. The fraction of sp³-hybridized carbons (Fsp3) is 0.323. The van der Waals surface area contributed by atoms with Crippen LogP contribution in [0.15, 0.2) is 84.9 Å². The van der Waals surface area contributed by atoms with Crippen LogP contribution in [0.25, 0.3) is 0 Å². The molecular weight excluding hydrogens is 490 g/mol. The largest absolute Gasteiger partial charge is 0.497 e. The van der Waals surface area contributed by atoms with Crippen molar-refractivity contribution in [1.82, 2.24) is 15.5 Å². The van der Waals surface area contributed by atoms with Crippen LogP contribution in [-0.4, -0.2) is 48.9 Å². The molecule has 206 valence electrons. The number of hydrogen-bond acceptors (Lipinski definition) is 4. The molecule has 0 fully saturated rings. The van der Waals surface area contributed by atoms with Crippen molar-refractivity contribution in [1.29, 1.82) is 5.41 Å². The minimum Gasteiger partial charge on any atom is -0.497 e. The Labute approximate surface area is 231 Å². The highest BCUT2D eigenvalue weighted by Crippen LogP contribution is 2.34. The van der Waals surface area contributed by atoms with E-state index in [0.717, 1.165) is 16.7 Å². The number of rotatable bonds is 13. The van der Waals surface area contributed by atoms with Gasteiger partial charge in [0.25, 0.3) is 0 Å². The van der Waals surface area contributed by atoms with E-state index in [1.807, 2.05) is 98.8 Å². The third-order valence-electron chi connectivity index (χ3n) is 6.74. The van der Waals surface area contributed by atoms with Crippen molar-refractivity contribution in [3.8, 4) is 5.75 Å². The predicted octanol–water partition coefficient (Wildman–Crippen LogP) is 4.18. The van der Waals surface area contributed by atoms with Crippen molar-refractivity contribution in [3.05, 3.63) is 102 Å². The normalized spacial score (nSPS) is 12.3. The summed E-state index contributed by atoms with van der Waals surface area (Å²) in [5.74, 6) is -0.385. The van der Waals surface area contributed by atoms with Crippen LogP contribution in [0.1, 0.15) is 55.3 Å². The number of carbonyl (C=O) groups is 2. The molecule has 0 bridgehead atoms. The molecule has 0 saturated carbocycles. The van der Waals surface area contributed by atoms with Gasteiger partial charge in [0.2, 0.25) is 11.8 Å². The van der Waals surface area contributed by atoms with Crippen LogP contribution in [-0.2, 0) is 9.59 Å². The second kappa shape index (κ2) is 14.6. The van der Waals surface area contributed by atoms with Crippen LogP contribution >= 0.6 is 0 Å². The maximum absolute atomic E-state index is 14.7. The van der Waals surface area contributed by atoms with Gasteiger partial charge < -0.3 is 26.0 Å². The lowest BCUT2D eigenvalue weighted by molar-refractivity contribution is -0.144. The number of hydrogen-bond donors (Lipinski definition) is 4. The number of guanidine groups is 1. The minimum absolute atomic E-state index is 0.127. The number of nitrogens with zero attached hydrogens (tertiary/aromatic N) is 1. The van der Waals surface area contributed by atoms with Crippen LogP contribution in [0.2, 0.25) is 0 Å². The lowest BCUT2D eigenvalue weighted by Crippen LogP contribution is -2.52. The number of ether oxygens (including phenoxy) is 1. The summed E-state index contributed by atoms with van der Waals surface area (Å²) in [5.41, 5.74) is 8.06. The van der Waals surface area contributed by atoms with Gasteiger partial charge in [-0.05, 0) is 55.5 Å². The fourth-order valence-electron chi connectivity index (χ4n) is 4.78. The van der Waals surface area contributed by atoms with Crippen LogP contribution in [0.5, 0.6) is 5.75 Å². The fourth-order valence-corrected chi connectivity index (χ4v) is 4.78. The lowest BCUT2D eigenvalue weighted by atomic mass is 9.88. The summed E-state index contributed by atoms with van der Waals surface area (Å²) in [5, 5.41) is 13.2. The number of benzene rings is 3. The second-order valence-corrected chi connectivity index (χ2v) is 9.34. The first-order valence-electron chi connectivity index (χ1n) is 13.3. The topological polar surface area (TPSA) is 121 Å². The Morgan fingerprint density at radius 2 is 1.46 bits per heavy atom. The minimum atomic E-state index is -0.738. The molecule has 0 heterocycles. The summed E-state index contributed by atoms with van der Waals surface area (Å²) in [4.78, 5) is 30.0. The molecule has 8 nitrogen and oxygen atoms in total. The van der Waals surface area contributed by atoms with Gasteiger partial charge in [0.1, 0.15) is 11.8 Å². The first-order valence-corrected chi connectivity index (χ1v) is 13.3. The average molecular weight is 530 g/mol. The smallest absolute Gasteiger partial charge is 0.242 e. The van der Waals surface area contributed by atoms with E-state index in [-0.39, 0.29) is 17.8 Å². The van der Waals surface area contributed by atoms with Crippen molar-refractivity contribution in [2.75, 3.05) is 20.2 Å². The highest BCUT2D eigenvalue weighted by molar-refractivity contribution is 5.93. The predicted molar refractivity (Wildman–Crippen MR) is 155 cm³/mol. The molecule has 5 N–H and O–H groups in total. The molecule has 0 aromatic heterocycles. The number of methoxy groups -OCH3 is 1. The summed E-state index contributed by atoms with van der Waals surface area (Å²) in [6, 6.07) is 25.7. The van der Waals surface area contributed by atoms with Crippen LogP contribution in [0, 0.1) is 5.41 Å². The zero-order valence-corrected chi connectivity index (χ0v) is 22.9. The quantitative estimate of drug-likeness (QED) is 0.150. The molecule has 0 aliphatic carbocycles. The Balaban J connectivity index is 2.11. The molecule has 8 heteroatoms. The molecule has 0 saturated heterocycles. The molecule has 39 heavy (non-hydrogen) atoms. The Morgan fingerprint density at radius 3 is 1.95 bits per heavy atom. The molecule has 2 atom stereocenters. The van der Waals surface area contributed by atoms with Gasteiger partial charge in [-0.2, -0.15) is 0 Å². The first-order chi connectivity index (χ1) is 18.9. The Bertz CT molecular complexity index is 1160. The Kier molecular flexibility index (Phi) is 10.9. The van der Waals surface area contributed by atoms with Crippen LogP contribution in [0.4, 0.5) is 0 Å². The van der Waals surface area contributed by atoms with E-state index in [0.29, 0.717) is 31.7 Å². The summed E-state index contributed by atoms with van der Waals surface area (Å²) in [7, 11) is 1.61. The van der Waals surface area contributed by atoms with Crippen molar-refractivity contribution in [2.45, 2.75) is 44.7 Å². The van der Waals surface area contributed by atoms with E-state index in [1.54, 1.807) is 12.0 Å². The van der Waals surface area contributed by atoms with E-state index in [2.05, 4.69) is 10.6 Å². The van der Waals surface area contributed by atoms with E-state index in [9.17, 15) is 9.59 Å². The lowest BCUT2D eigenvalue weighted by Gasteiger charge is -2.38. The third kappa shape index (κ3) is 7.83. The molecule has 0 spiro atoms. The summed E-state index contributed by atoms with van der Waals surface area (Å²) in [6.45, 7) is 4.68. The molecule has 2 amide bonds. The van der Waals surface area contributed by atoms with Gasteiger partial charge in [-0.15, -0.1) is 0 Å². The van der Waals surface area contributed by atoms with Crippen molar-refractivity contribution in [2.24, 2.45) is 5.73 Å². The molecule has 0 aliphatic rings. The summed E-state index contributed by atoms with van der Waals surface area (Å²) in [6.07, 6.45) is 0.941. The number of likely N-dealkylation sites (N-methyl/N-ethyl adjacent to an activating group) is 1. The average Bonchev–Trinajstić information content (AvgIpc) is 2.95. The molecule has 3 aromatic rings. The number of nitrogens with two attached hydrogens (primary N) is 1. The van der Waals surface area contributed by atoms with Gasteiger partial charge in [-0.25, -0.2) is 0 Å². The molecular formula is C31H39N5O3. The van der Waals surface area contributed by atoms with E-state index < -0.39 is 18.0 Å². The van der Waals surface area contributed by atoms with Gasteiger partial charge in [-0.3, -0.25) is 15.0 Å². The van der Waals surface area contributed by atoms with Gasteiger partial charge in [0.05, 0.1) is 19.1 Å². The Hall–Kier alpha value is -4.33. The highest BCUT2D eigenvalue weighted by atomic mass is 16.5. The standard InChI is InChI=1S/C31H39N5O3/c1-4-34-29(37)27(16-11-21-35-31(32)33)36(22(2)23-17-19-26(39-3)20-18-23)30(38)28(24-12-7-5-8-13-24)25-14-9-6-10-15-25/h5-10,12-15,17-20,22,27-28H,4,11,16,21H2,1-3H3,(H,34,37)(H4,32,33,35)/t22?,27-/m1/s1. The SMILES string of the molecule is CCNC(=O)[C@@H](CCCNC(=N)N)N(C(=O)C(c1ccccc1)c1ccccc1)C(C)c1ccc(OC)cc1.